The summed E-state index contributed by atoms with van der Waals surface area (Å²) < 4.78 is 4.79. The summed E-state index contributed by atoms with van der Waals surface area (Å²) in [5, 5.41) is 2.96. The Hall–Kier alpha value is -1.88. The van der Waals surface area contributed by atoms with Gasteiger partial charge in [-0.05, 0) is 57.0 Å². The molecule has 1 amide bonds. The van der Waals surface area contributed by atoms with Crippen molar-refractivity contribution in [3.63, 3.8) is 0 Å². The van der Waals surface area contributed by atoms with Crippen LogP contribution < -0.4 is 5.32 Å². The Bertz CT molecular complexity index is 534. The molecule has 0 bridgehead atoms. The number of carbonyl (C=O) groups is 2. The Morgan fingerprint density at radius 1 is 1.26 bits per heavy atom. The van der Waals surface area contributed by atoms with E-state index in [-0.39, 0.29) is 23.8 Å². The molecule has 1 heterocycles. The fraction of sp³-hybridized carbons (Fsp3) is 0.556. The van der Waals surface area contributed by atoms with Crippen molar-refractivity contribution in [2.45, 2.75) is 39.2 Å². The first-order chi connectivity index (χ1) is 11.0. The smallest absolute Gasteiger partial charge is 0.308 e. The van der Waals surface area contributed by atoms with Crippen LogP contribution in [0, 0.1) is 5.92 Å². The molecule has 1 aromatic rings. The van der Waals surface area contributed by atoms with E-state index in [0.29, 0.717) is 0 Å². The molecule has 1 N–H and O–H groups in total. The summed E-state index contributed by atoms with van der Waals surface area (Å²) in [4.78, 5) is 26.1. The maximum absolute atomic E-state index is 12.4. The summed E-state index contributed by atoms with van der Waals surface area (Å²) in [5.74, 6) is -0.184. The molecule has 0 saturated carbocycles. The van der Waals surface area contributed by atoms with Crippen LogP contribution in [0.4, 0.5) is 5.69 Å². The van der Waals surface area contributed by atoms with Crippen molar-refractivity contribution >= 4 is 17.6 Å². The fourth-order valence-electron chi connectivity index (χ4n) is 2.93. The van der Waals surface area contributed by atoms with E-state index in [1.54, 1.807) is 0 Å². The molecule has 0 spiro atoms. The molecule has 1 aliphatic rings. The van der Waals surface area contributed by atoms with Crippen LogP contribution in [-0.4, -0.2) is 43.0 Å². The SMILES string of the molecule is CCc1ccc(NC(=O)C(C)N2CCC(C(=O)OC)CC2)cc1. The lowest BCUT2D eigenvalue weighted by Crippen LogP contribution is -2.47. The van der Waals surface area contributed by atoms with Gasteiger partial charge in [-0.3, -0.25) is 14.5 Å². The maximum Gasteiger partial charge on any atom is 0.308 e. The summed E-state index contributed by atoms with van der Waals surface area (Å²) >= 11 is 0. The summed E-state index contributed by atoms with van der Waals surface area (Å²) in [5.41, 5.74) is 2.07. The molecule has 23 heavy (non-hydrogen) atoms. The third kappa shape index (κ3) is 4.55. The monoisotopic (exact) mass is 318 g/mol. The second kappa shape index (κ2) is 8.11. The molecular formula is C18H26N2O3. The van der Waals surface area contributed by atoms with Gasteiger partial charge in [0.05, 0.1) is 19.1 Å². The lowest BCUT2D eigenvalue weighted by atomic mass is 9.96. The number of benzene rings is 1. The predicted molar refractivity (Wildman–Crippen MR) is 90.2 cm³/mol. The summed E-state index contributed by atoms with van der Waals surface area (Å²) in [7, 11) is 1.43. The third-order valence-electron chi connectivity index (χ3n) is 4.62. The van der Waals surface area contributed by atoms with E-state index in [9.17, 15) is 9.59 Å². The Morgan fingerprint density at radius 3 is 2.39 bits per heavy atom. The number of nitrogens with zero attached hydrogens (tertiary/aromatic N) is 1. The van der Waals surface area contributed by atoms with Crippen molar-refractivity contribution in [3.8, 4) is 0 Å². The Labute approximate surface area is 138 Å². The molecule has 126 valence electrons. The minimum atomic E-state index is -0.209. The number of piperidine rings is 1. The van der Waals surface area contributed by atoms with Crippen LogP contribution in [0.1, 0.15) is 32.3 Å². The Balaban J connectivity index is 1.86. The molecule has 0 radical (unpaired) electrons. The molecule has 0 aliphatic carbocycles. The Morgan fingerprint density at radius 2 is 1.87 bits per heavy atom. The van der Waals surface area contributed by atoms with Crippen molar-refractivity contribution in [1.29, 1.82) is 0 Å². The minimum absolute atomic E-state index is 0.00855. The average molecular weight is 318 g/mol. The summed E-state index contributed by atoms with van der Waals surface area (Å²) in [6, 6.07) is 7.73. The zero-order valence-electron chi connectivity index (χ0n) is 14.2. The van der Waals surface area contributed by atoms with Crippen molar-refractivity contribution in [3.05, 3.63) is 29.8 Å². The van der Waals surface area contributed by atoms with Gasteiger partial charge in [-0.15, -0.1) is 0 Å². The highest BCUT2D eigenvalue weighted by molar-refractivity contribution is 5.94. The number of rotatable bonds is 5. The number of nitrogens with one attached hydrogen (secondary N) is 1. The zero-order valence-corrected chi connectivity index (χ0v) is 14.2. The van der Waals surface area contributed by atoms with E-state index in [1.165, 1.54) is 12.7 Å². The molecule has 1 aromatic carbocycles. The van der Waals surface area contributed by atoms with Gasteiger partial charge in [0.25, 0.3) is 0 Å². The second-order valence-electron chi connectivity index (χ2n) is 6.05. The maximum atomic E-state index is 12.4. The van der Waals surface area contributed by atoms with Gasteiger partial charge in [0.1, 0.15) is 0 Å². The van der Waals surface area contributed by atoms with E-state index in [4.69, 9.17) is 4.74 Å². The first kappa shape index (κ1) is 17.5. The van der Waals surface area contributed by atoms with Gasteiger partial charge < -0.3 is 10.1 Å². The van der Waals surface area contributed by atoms with E-state index < -0.39 is 0 Å². The number of esters is 1. The van der Waals surface area contributed by atoms with Gasteiger partial charge in [-0.2, -0.15) is 0 Å². The van der Waals surface area contributed by atoms with Gasteiger partial charge in [0.15, 0.2) is 0 Å². The first-order valence-electron chi connectivity index (χ1n) is 8.26. The largest absolute Gasteiger partial charge is 0.469 e. The first-order valence-corrected chi connectivity index (χ1v) is 8.26. The van der Waals surface area contributed by atoms with Crippen LogP contribution in [0.2, 0.25) is 0 Å². The van der Waals surface area contributed by atoms with E-state index in [2.05, 4.69) is 17.1 Å². The van der Waals surface area contributed by atoms with Crippen LogP contribution in [-0.2, 0) is 20.7 Å². The van der Waals surface area contributed by atoms with Crippen LogP contribution >= 0.6 is 0 Å². The number of amides is 1. The number of hydrogen-bond acceptors (Lipinski definition) is 4. The molecule has 1 saturated heterocycles. The number of ether oxygens (including phenoxy) is 1. The van der Waals surface area contributed by atoms with Crippen molar-refractivity contribution < 1.29 is 14.3 Å². The lowest BCUT2D eigenvalue weighted by molar-refractivity contribution is -0.147. The van der Waals surface area contributed by atoms with E-state index in [1.807, 2.05) is 31.2 Å². The number of methoxy groups -OCH3 is 1. The molecule has 1 atom stereocenters. The molecule has 2 rings (SSSR count). The molecule has 5 heteroatoms. The molecular weight excluding hydrogens is 292 g/mol. The normalized spacial score (nSPS) is 17.5. The third-order valence-corrected chi connectivity index (χ3v) is 4.62. The molecule has 0 aromatic heterocycles. The standard InChI is InChI=1S/C18H26N2O3/c1-4-14-5-7-16(8-6-14)19-17(21)13(2)20-11-9-15(10-12-20)18(22)23-3/h5-8,13,15H,4,9-12H2,1-3H3,(H,19,21). The van der Waals surface area contributed by atoms with Crippen molar-refractivity contribution in [2.75, 3.05) is 25.5 Å². The average Bonchev–Trinajstić information content (AvgIpc) is 2.61. The highest BCUT2D eigenvalue weighted by atomic mass is 16.5. The number of carbonyl (C=O) groups excluding carboxylic acids is 2. The topological polar surface area (TPSA) is 58.6 Å². The number of likely N-dealkylation sites (tertiary alicyclic amines) is 1. The summed E-state index contributed by atoms with van der Waals surface area (Å²) in [6.45, 7) is 5.49. The molecule has 1 aliphatic heterocycles. The van der Waals surface area contributed by atoms with Gasteiger partial charge in [0.2, 0.25) is 5.91 Å². The molecule has 1 fully saturated rings. The number of hydrogen-bond donors (Lipinski definition) is 1. The van der Waals surface area contributed by atoms with Gasteiger partial charge in [-0.25, -0.2) is 0 Å². The highest BCUT2D eigenvalue weighted by Gasteiger charge is 2.30. The summed E-state index contributed by atoms with van der Waals surface area (Å²) in [6.07, 6.45) is 2.48. The van der Waals surface area contributed by atoms with Crippen LogP contribution in [0.25, 0.3) is 0 Å². The van der Waals surface area contributed by atoms with Gasteiger partial charge >= 0.3 is 5.97 Å². The minimum Gasteiger partial charge on any atom is -0.469 e. The van der Waals surface area contributed by atoms with Crippen LogP contribution in [0.3, 0.4) is 0 Å². The quantitative estimate of drug-likeness (QED) is 0.847. The fourth-order valence-corrected chi connectivity index (χ4v) is 2.93. The van der Waals surface area contributed by atoms with Crippen LogP contribution in [0.5, 0.6) is 0 Å². The van der Waals surface area contributed by atoms with Crippen molar-refractivity contribution in [1.82, 2.24) is 4.90 Å². The molecule has 5 nitrogen and oxygen atoms in total. The molecule has 1 unspecified atom stereocenters. The Kier molecular flexibility index (Phi) is 6.16. The number of aryl methyl sites for hydroxylation is 1. The van der Waals surface area contributed by atoms with E-state index >= 15 is 0 Å². The van der Waals surface area contributed by atoms with E-state index in [0.717, 1.165) is 38.0 Å². The van der Waals surface area contributed by atoms with Crippen molar-refractivity contribution in [2.24, 2.45) is 5.92 Å². The highest BCUT2D eigenvalue weighted by Crippen LogP contribution is 2.21. The lowest BCUT2D eigenvalue weighted by Gasteiger charge is -2.34. The van der Waals surface area contributed by atoms with Gasteiger partial charge in [0, 0.05) is 5.69 Å². The van der Waals surface area contributed by atoms with Gasteiger partial charge in [-0.1, -0.05) is 19.1 Å². The number of anilines is 1. The zero-order chi connectivity index (χ0) is 16.8. The van der Waals surface area contributed by atoms with Crippen LogP contribution in [0.15, 0.2) is 24.3 Å². The predicted octanol–water partition coefficient (Wildman–Crippen LogP) is 2.46. The second-order valence-corrected chi connectivity index (χ2v) is 6.05.